The molecule has 2 aromatic heterocycles. The lowest BCUT2D eigenvalue weighted by molar-refractivity contribution is 0.195. The monoisotopic (exact) mass is 395 g/mol. The van der Waals surface area contributed by atoms with Crippen LogP contribution in [0, 0.1) is 17.1 Å². The van der Waals surface area contributed by atoms with Crippen molar-refractivity contribution in [2.24, 2.45) is 7.05 Å². The predicted octanol–water partition coefficient (Wildman–Crippen LogP) is 2.99. The quantitative estimate of drug-likeness (QED) is 0.623. The molecule has 8 nitrogen and oxygen atoms in total. The van der Waals surface area contributed by atoms with Crippen molar-refractivity contribution in [2.75, 3.05) is 18.9 Å². The number of nitrogen functional groups attached to an aromatic ring is 1. The lowest BCUT2D eigenvalue weighted by Crippen LogP contribution is -2.12. The Labute approximate surface area is 166 Å². The van der Waals surface area contributed by atoms with Gasteiger partial charge in [-0.05, 0) is 31.2 Å². The second kappa shape index (κ2) is 7.31. The van der Waals surface area contributed by atoms with Gasteiger partial charge in [0.25, 0.3) is 0 Å². The van der Waals surface area contributed by atoms with Gasteiger partial charge >= 0.3 is 0 Å². The number of hydrogen-bond donors (Lipinski definition) is 1. The SMILES string of the molecule is C[C@H]1Oc2cc(cnc2N)-c2c(nn(C)c2C#N)OCCOc2ccc(F)cc21. The van der Waals surface area contributed by atoms with E-state index in [0.717, 1.165) is 0 Å². The molecule has 2 N–H and O–H groups in total. The van der Waals surface area contributed by atoms with Gasteiger partial charge in [0, 0.05) is 24.4 Å². The third-order valence-electron chi connectivity index (χ3n) is 4.58. The van der Waals surface area contributed by atoms with Gasteiger partial charge in [-0.2, -0.15) is 5.26 Å². The zero-order valence-corrected chi connectivity index (χ0v) is 15.8. The second-order valence-corrected chi connectivity index (χ2v) is 6.51. The molecule has 0 amide bonds. The smallest absolute Gasteiger partial charge is 0.242 e. The molecule has 0 saturated carbocycles. The van der Waals surface area contributed by atoms with Gasteiger partial charge in [-0.3, -0.25) is 4.68 Å². The molecule has 3 heterocycles. The highest BCUT2D eigenvalue weighted by Crippen LogP contribution is 2.38. The molecule has 0 unspecified atom stereocenters. The number of nitrogens with two attached hydrogens (primary N) is 1. The van der Waals surface area contributed by atoms with Gasteiger partial charge in [0.05, 0.1) is 5.56 Å². The molecule has 0 fully saturated rings. The van der Waals surface area contributed by atoms with E-state index in [9.17, 15) is 9.65 Å². The number of halogens is 1. The molecule has 3 aromatic rings. The number of hydrogen-bond acceptors (Lipinski definition) is 7. The van der Waals surface area contributed by atoms with Crippen LogP contribution in [0.1, 0.15) is 24.3 Å². The Morgan fingerprint density at radius 3 is 2.83 bits per heavy atom. The molecule has 29 heavy (non-hydrogen) atoms. The number of pyridine rings is 1. The van der Waals surface area contributed by atoms with E-state index in [1.54, 1.807) is 26.1 Å². The van der Waals surface area contributed by atoms with Crippen molar-refractivity contribution in [3.63, 3.8) is 0 Å². The second-order valence-electron chi connectivity index (χ2n) is 6.51. The molecule has 1 aliphatic heterocycles. The maximum absolute atomic E-state index is 13.8. The first kappa shape index (κ1) is 18.6. The average molecular weight is 395 g/mol. The molecule has 1 aliphatic rings. The van der Waals surface area contributed by atoms with E-state index in [-0.39, 0.29) is 24.9 Å². The Morgan fingerprint density at radius 2 is 2.03 bits per heavy atom. The maximum Gasteiger partial charge on any atom is 0.242 e. The molecular weight excluding hydrogens is 377 g/mol. The van der Waals surface area contributed by atoms with Crippen molar-refractivity contribution in [2.45, 2.75) is 13.0 Å². The number of aromatic nitrogens is 3. The van der Waals surface area contributed by atoms with Crippen LogP contribution in [-0.2, 0) is 7.05 Å². The van der Waals surface area contributed by atoms with E-state index in [1.807, 2.05) is 0 Å². The Kier molecular flexibility index (Phi) is 4.68. The van der Waals surface area contributed by atoms with Crippen LogP contribution in [-0.4, -0.2) is 28.0 Å². The minimum Gasteiger partial charge on any atom is -0.490 e. The van der Waals surface area contributed by atoms with Crippen molar-refractivity contribution in [3.05, 3.63) is 47.5 Å². The van der Waals surface area contributed by atoms with Crippen LogP contribution in [0.2, 0.25) is 0 Å². The summed E-state index contributed by atoms with van der Waals surface area (Å²) in [6, 6.07) is 8.02. The molecule has 0 saturated heterocycles. The third kappa shape index (κ3) is 3.40. The summed E-state index contributed by atoms with van der Waals surface area (Å²) in [4.78, 5) is 4.19. The first-order valence-corrected chi connectivity index (χ1v) is 8.92. The fourth-order valence-corrected chi connectivity index (χ4v) is 3.19. The van der Waals surface area contributed by atoms with E-state index in [1.165, 1.54) is 23.0 Å². The largest absolute Gasteiger partial charge is 0.490 e. The molecule has 148 valence electrons. The predicted molar refractivity (Wildman–Crippen MR) is 102 cm³/mol. The number of fused-ring (bicyclic) bond motifs is 5. The first-order chi connectivity index (χ1) is 14.0. The highest BCUT2D eigenvalue weighted by molar-refractivity contribution is 5.75. The molecule has 2 bridgehead atoms. The fourth-order valence-electron chi connectivity index (χ4n) is 3.19. The number of nitriles is 1. The van der Waals surface area contributed by atoms with Crippen LogP contribution in [0.5, 0.6) is 17.4 Å². The van der Waals surface area contributed by atoms with Crippen LogP contribution in [0.15, 0.2) is 30.5 Å². The topological polar surface area (TPSA) is 108 Å². The zero-order valence-electron chi connectivity index (χ0n) is 15.8. The number of anilines is 1. The van der Waals surface area contributed by atoms with Crippen molar-refractivity contribution in [3.8, 4) is 34.6 Å². The average Bonchev–Trinajstić information content (AvgIpc) is 3.02. The number of ether oxygens (including phenoxy) is 3. The molecular formula is C20H18FN5O3. The van der Waals surface area contributed by atoms with Crippen LogP contribution in [0.3, 0.4) is 0 Å². The van der Waals surface area contributed by atoms with Gasteiger partial charge < -0.3 is 19.9 Å². The van der Waals surface area contributed by atoms with Crippen LogP contribution in [0.4, 0.5) is 10.2 Å². The summed E-state index contributed by atoms with van der Waals surface area (Å²) in [7, 11) is 1.66. The van der Waals surface area contributed by atoms with Crippen LogP contribution < -0.4 is 19.9 Å². The first-order valence-electron chi connectivity index (χ1n) is 8.92. The Morgan fingerprint density at radius 1 is 1.24 bits per heavy atom. The van der Waals surface area contributed by atoms with Gasteiger partial charge in [-0.15, -0.1) is 5.10 Å². The molecule has 0 aliphatic carbocycles. The van der Waals surface area contributed by atoms with E-state index in [2.05, 4.69) is 16.2 Å². The maximum atomic E-state index is 13.8. The van der Waals surface area contributed by atoms with Gasteiger partial charge in [-0.1, -0.05) is 0 Å². The van der Waals surface area contributed by atoms with E-state index >= 15 is 0 Å². The highest BCUT2D eigenvalue weighted by Gasteiger charge is 2.23. The number of benzene rings is 1. The van der Waals surface area contributed by atoms with Crippen LogP contribution in [0.25, 0.3) is 11.1 Å². The van der Waals surface area contributed by atoms with Gasteiger partial charge in [0.1, 0.15) is 42.6 Å². The fraction of sp³-hybridized carbons (Fsp3) is 0.250. The Balaban J connectivity index is 1.86. The van der Waals surface area contributed by atoms with E-state index in [4.69, 9.17) is 19.9 Å². The summed E-state index contributed by atoms with van der Waals surface area (Å²) >= 11 is 0. The van der Waals surface area contributed by atoms with E-state index in [0.29, 0.717) is 33.9 Å². The summed E-state index contributed by atoms with van der Waals surface area (Å²) in [6.07, 6.45) is 0.965. The molecule has 0 spiro atoms. The number of rotatable bonds is 0. The van der Waals surface area contributed by atoms with Crippen molar-refractivity contribution < 1.29 is 18.6 Å². The Hall–Kier alpha value is -3.80. The summed E-state index contributed by atoms with van der Waals surface area (Å²) in [6.45, 7) is 2.14. The van der Waals surface area contributed by atoms with Crippen molar-refractivity contribution in [1.82, 2.24) is 14.8 Å². The summed E-state index contributed by atoms with van der Waals surface area (Å²) < 4.78 is 32.8. The van der Waals surface area contributed by atoms with Crippen molar-refractivity contribution in [1.29, 1.82) is 5.26 Å². The molecule has 1 atom stereocenters. The summed E-state index contributed by atoms with van der Waals surface area (Å²) in [5.74, 6) is 0.807. The molecule has 0 radical (unpaired) electrons. The van der Waals surface area contributed by atoms with Crippen molar-refractivity contribution >= 4 is 5.82 Å². The van der Waals surface area contributed by atoms with Crippen LogP contribution >= 0.6 is 0 Å². The standard InChI is InChI=1S/C20H18FN5O3/c1-11-14-8-13(21)3-4-16(14)27-5-6-28-20-18(15(9-22)26(2)25-20)12-7-17(29-11)19(23)24-10-12/h3-4,7-8,10-11H,5-6H2,1-2H3,(H2,23,24)/t11-/m1/s1. The normalized spacial score (nSPS) is 15.7. The number of aryl methyl sites for hydroxylation is 1. The van der Waals surface area contributed by atoms with Gasteiger partial charge in [0.15, 0.2) is 11.6 Å². The molecule has 1 aromatic carbocycles. The number of nitrogens with zero attached hydrogens (tertiary/aromatic N) is 4. The third-order valence-corrected chi connectivity index (χ3v) is 4.58. The highest BCUT2D eigenvalue weighted by atomic mass is 19.1. The van der Waals surface area contributed by atoms with E-state index < -0.39 is 11.9 Å². The molecule has 4 rings (SSSR count). The lowest BCUT2D eigenvalue weighted by atomic mass is 10.1. The minimum atomic E-state index is -0.564. The lowest BCUT2D eigenvalue weighted by Gasteiger charge is -2.19. The zero-order chi connectivity index (χ0) is 20.5. The minimum absolute atomic E-state index is 0.166. The Bertz CT molecular complexity index is 1120. The van der Waals surface area contributed by atoms with Gasteiger partial charge in [-0.25, -0.2) is 9.37 Å². The summed E-state index contributed by atoms with van der Waals surface area (Å²) in [5.41, 5.74) is 7.90. The molecule has 9 heteroatoms. The van der Waals surface area contributed by atoms with Gasteiger partial charge in [0.2, 0.25) is 5.88 Å². The summed E-state index contributed by atoms with van der Waals surface area (Å²) in [5, 5.41) is 13.9.